The molecule has 6 heteroatoms. The van der Waals surface area contributed by atoms with Crippen molar-refractivity contribution >= 4 is 0 Å². The van der Waals surface area contributed by atoms with Gasteiger partial charge in [0, 0.05) is 12.8 Å². The fraction of sp³-hybridized carbons (Fsp3) is 1.00. The van der Waals surface area contributed by atoms with Crippen LogP contribution in [-0.2, 0) is 18.9 Å². The van der Waals surface area contributed by atoms with Crippen LogP contribution in [0, 0.1) is 0 Å². The number of fused-ring (bicyclic) bond motifs is 3. The van der Waals surface area contributed by atoms with Crippen LogP contribution < -0.4 is 0 Å². The molecule has 4 rings (SSSR count). The van der Waals surface area contributed by atoms with E-state index in [1.165, 1.54) is 6.42 Å². The Labute approximate surface area is 143 Å². The molecule has 0 amide bonds. The molecule has 24 heavy (non-hydrogen) atoms. The van der Waals surface area contributed by atoms with Crippen molar-refractivity contribution < 1.29 is 29.2 Å². The maximum absolute atomic E-state index is 10.3. The van der Waals surface area contributed by atoms with E-state index in [0.29, 0.717) is 0 Å². The topological polar surface area (TPSA) is 77.4 Å². The molecule has 7 atom stereocenters. The van der Waals surface area contributed by atoms with E-state index in [9.17, 15) is 10.2 Å². The van der Waals surface area contributed by atoms with Crippen LogP contribution in [0.4, 0.5) is 0 Å². The zero-order chi connectivity index (χ0) is 16.7. The largest absolute Gasteiger partial charge is 0.394 e. The third kappa shape index (κ3) is 2.91. The van der Waals surface area contributed by atoms with Gasteiger partial charge >= 0.3 is 0 Å². The van der Waals surface area contributed by atoms with Gasteiger partial charge in [-0.3, -0.25) is 0 Å². The smallest absolute Gasteiger partial charge is 0.169 e. The summed E-state index contributed by atoms with van der Waals surface area (Å²) in [6, 6.07) is 0. The van der Waals surface area contributed by atoms with Gasteiger partial charge in [-0.15, -0.1) is 0 Å². The van der Waals surface area contributed by atoms with Gasteiger partial charge in [-0.05, 0) is 32.1 Å². The highest BCUT2D eigenvalue weighted by Gasteiger charge is 2.60. The van der Waals surface area contributed by atoms with E-state index >= 15 is 0 Å². The fourth-order valence-electron chi connectivity index (χ4n) is 4.81. The van der Waals surface area contributed by atoms with Crippen molar-refractivity contribution in [1.82, 2.24) is 0 Å². The zero-order valence-corrected chi connectivity index (χ0v) is 14.4. The summed E-state index contributed by atoms with van der Waals surface area (Å²) in [5.74, 6) is -0.554. The Morgan fingerprint density at radius 1 is 1.00 bits per heavy atom. The van der Waals surface area contributed by atoms with Crippen molar-refractivity contribution in [3.8, 4) is 0 Å². The second kappa shape index (κ2) is 6.82. The lowest BCUT2D eigenvalue weighted by atomic mass is 9.87. The van der Waals surface area contributed by atoms with Gasteiger partial charge in [0.2, 0.25) is 0 Å². The Balaban J connectivity index is 1.59. The number of rotatable bonds is 3. The Hall–Kier alpha value is -0.240. The summed E-state index contributed by atoms with van der Waals surface area (Å²) in [5, 5.41) is 19.7. The van der Waals surface area contributed by atoms with Gasteiger partial charge in [-0.1, -0.05) is 13.3 Å². The third-order valence-corrected chi connectivity index (χ3v) is 6.13. The molecule has 0 aromatic rings. The van der Waals surface area contributed by atoms with Crippen molar-refractivity contribution in [1.29, 1.82) is 0 Å². The van der Waals surface area contributed by atoms with Crippen LogP contribution in [0.1, 0.15) is 58.3 Å². The number of aliphatic hydroxyl groups excluding tert-OH is 2. The van der Waals surface area contributed by atoms with E-state index in [1.54, 1.807) is 0 Å². The van der Waals surface area contributed by atoms with Crippen LogP contribution in [0.5, 0.6) is 0 Å². The third-order valence-electron chi connectivity index (χ3n) is 6.13. The SMILES string of the molecule is CC[C@H]1CC[C@@H]2O[C@@H]([C@H](O)CO)C3OC4(CCCCC4)O[C@H]3[C@H]2O1. The summed E-state index contributed by atoms with van der Waals surface area (Å²) in [4.78, 5) is 0. The monoisotopic (exact) mass is 342 g/mol. The molecule has 4 aliphatic rings. The molecule has 138 valence electrons. The van der Waals surface area contributed by atoms with Crippen LogP contribution in [0.3, 0.4) is 0 Å². The number of hydrogen-bond acceptors (Lipinski definition) is 6. The van der Waals surface area contributed by atoms with Gasteiger partial charge in [-0.2, -0.15) is 0 Å². The first-order valence-electron chi connectivity index (χ1n) is 9.61. The molecule has 0 bridgehead atoms. The van der Waals surface area contributed by atoms with E-state index in [-0.39, 0.29) is 37.1 Å². The molecule has 6 nitrogen and oxygen atoms in total. The molecule has 1 saturated carbocycles. The van der Waals surface area contributed by atoms with Gasteiger partial charge in [0.05, 0.1) is 18.8 Å². The van der Waals surface area contributed by atoms with E-state index in [2.05, 4.69) is 6.92 Å². The van der Waals surface area contributed by atoms with Crippen LogP contribution in [0.15, 0.2) is 0 Å². The van der Waals surface area contributed by atoms with Crippen LogP contribution in [0.25, 0.3) is 0 Å². The minimum atomic E-state index is -0.954. The van der Waals surface area contributed by atoms with E-state index in [1.807, 2.05) is 0 Å². The summed E-state index contributed by atoms with van der Waals surface area (Å²) >= 11 is 0. The molecule has 0 aromatic carbocycles. The van der Waals surface area contributed by atoms with Crippen molar-refractivity contribution in [3.63, 3.8) is 0 Å². The molecular weight excluding hydrogens is 312 g/mol. The van der Waals surface area contributed by atoms with Crippen molar-refractivity contribution in [3.05, 3.63) is 0 Å². The van der Waals surface area contributed by atoms with Crippen molar-refractivity contribution in [2.75, 3.05) is 6.61 Å². The number of ether oxygens (including phenoxy) is 4. The molecule has 3 aliphatic heterocycles. The highest BCUT2D eigenvalue weighted by molar-refractivity contribution is 5.04. The molecule has 3 saturated heterocycles. The first-order chi connectivity index (χ1) is 11.7. The Kier molecular flexibility index (Phi) is 4.88. The minimum absolute atomic E-state index is 0.0948. The lowest BCUT2D eigenvalue weighted by molar-refractivity contribution is -0.255. The first-order valence-corrected chi connectivity index (χ1v) is 9.61. The number of hydrogen-bond donors (Lipinski definition) is 2. The van der Waals surface area contributed by atoms with Gasteiger partial charge in [-0.25, -0.2) is 0 Å². The lowest BCUT2D eigenvalue weighted by Crippen LogP contribution is -2.62. The highest BCUT2D eigenvalue weighted by Crippen LogP contribution is 2.47. The van der Waals surface area contributed by atoms with Gasteiger partial charge in [0.25, 0.3) is 0 Å². The normalized spacial score (nSPS) is 45.6. The number of aliphatic hydroxyl groups is 2. The summed E-state index contributed by atoms with van der Waals surface area (Å²) in [6.45, 7) is 1.80. The van der Waals surface area contributed by atoms with Crippen LogP contribution in [-0.4, -0.2) is 65.3 Å². The van der Waals surface area contributed by atoms with Crippen molar-refractivity contribution in [2.45, 2.75) is 107 Å². The summed E-state index contributed by atoms with van der Waals surface area (Å²) < 4.78 is 25.2. The standard InChI is InChI=1S/C18H30O6/c1-2-11-6-7-13-15(21-11)17-16(14(22-13)12(20)10-19)23-18(24-17)8-4-3-5-9-18/h11-17,19-20H,2-10H2,1H3/t11-,12+,13-,14-,15-,16?,17-/m0/s1. The Bertz CT molecular complexity index is 437. The average molecular weight is 342 g/mol. The average Bonchev–Trinajstić information content (AvgIpc) is 2.99. The zero-order valence-electron chi connectivity index (χ0n) is 14.4. The molecule has 0 aromatic heterocycles. The second-order valence-electron chi connectivity index (χ2n) is 7.73. The first kappa shape index (κ1) is 17.2. The summed E-state index contributed by atoms with van der Waals surface area (Å²) in [5.41, 5.74) is 0. The van der Waals surface area contributed by atoms with Crippen LogP contribution in [0.2, 0.25) is 0 Å². The quantitative estimate of drug-likeness (QED) is 0.810. The second-order valence-corrected chi connectivity index (χ2v) is 7.73. The van der Waals surface area contributed by atoms with Crippen LogP contribution >= 0.6 is 0 Å². The Morgan fingerprint density at radius 2 is 1.75 bits per heavy atom. The molecule has 4 fully saturated rings. The summed E-state index contributed by atoms with van der Waals surface area (Å²) in [6.07, 6.45) is 5.92. The molecular formula is C18H30O6. The van der Waals surface area contributed by atoms with E-state index in [4.69, 9.17) is 18.9 Å². The maximum atomic E-state index is 10.3. The summed E-state index contributed by atoms with van der Waals surface area (Å²) in [7, 11) is 0. The van der Waals surface area contributed by atoms with Gasteiger partial charge in [0.15, 0.2) is 5.79 Å². The highest BCUT2D eigenvalue weighted by atomic mass is 16.8. The fourth-order valence-corrected chi connectivity index (χ4v) is 4.81. The van der Waals surface area contributed by atoms with Gasteiger partial charge < -0.3 is 29.2 Å². The maximum Gasteiger partial charge on any atom is 0.169 e. The van der Waals surface area contributed by atoms with E-state index in [0.717, 1.165) is 44.9 Å². The molecule has 3 heterocycles. The molecule has 1 unspecified atom stereocenters. The predicted molar refractivity (Wildman–Crippen MR) is 85.5 cm³/mol. The van der Waals surface area contributed by atoms with E-state index < -0.39 is 18.0 Å². The Morgan fingerprint density at radius 3 is 2.46 bits per heavy atom. The predicted octanol–water partition coefficient (Wildman–Crippen LogP) is 1.51. The van der Waals surface area contributed by atoms with Gasteiger partial charge in [0.1, 0.15) is 30.5 Å². The molecule has 0 radical (unpaired) electrons. The molecule has 1 spiro atoms. The lowest BCUT2D eigenvalue weighted by Gasteiger charge is -2.47. The molecule has 1 aliphatic carbocycles. The minimum Gasteiger partial charge on any atom is -0.394 e. The van der Waals surface area contributed by atoms with Crippen molar-refractivity contribution in [2.24, 2.45) is 0 Å². The molecule has 2 N–H and O–H groups in total.